The summed E-state index contributed by atoms with van der Waals surface area (Å²) in [6, 6.07) is 0. The van der Waals surface area contributed by atoms with Crippen LogP contribution >= 0.6 is 0 Å². The standard InChI is InChI=1S/C16H28N2O4/c1-15(2,3)13(20)18-8-6-7-11(9-18)12(19)17-10-16(4,5)14(21)22/h11H,6-10H2,1-5H3,(H,17,19)(H,21,22). The van der Waals surface area contributed by atoms with Gasteiger partial charge in [-0.05, 0) is 26.7 Å². The maximum absolute atomic E-state index is 12.3. The van der Waals surface area contributed by atoms with E-state index in [0.717, 1.165) is 12.8 Å². The van der Waals surface area contributed by atoms with E-state index in [1.165, 1.54) is 0 Å². The van der Waals surface area contributed by atoms with Crippen LogP contribution in [0.3, 0.4) is 0 Å². The van der Waals surface area contributed by atoms with Crippen LogP contribution in [-0.2, 0) is 14.4 Å². The Morgan fingerprint density at radius 1 is 1.18 bits per heavy atom. The third-order valence-electron chi connectivity index (χ3n) is 4.00. The van der Waals surface area contributed by atoms with Gasteiger partial charge in [-0.25, -0.2) is 0 Å². The number of rotatable bonds is 4. The number of hydrogen-bond acceptors (Lipinski definition) is 3. The molecule has 2 N–H and O–H groups in total. The molecule has 1 unspecified atom stereocenters. The Hall–Kier alpha value is -1.59. The largest absolute Gasteiger partial charge is 0.481 e. The summed E-state index contributed by atoms with van der Waals surface area (Å²) in [7, 11) is 0. The summed E-state index contributed by atoms with van der Waals surface area (Å²) in [6.45, 7) is 9.94. The summed E-state index contributed by atoms with van der Waals surface area (Å²) in [6.07, 6.45) is 1.52. The highest BCUT2D eigenvalue weighted by Crippen LogP contribution is 2.24. The topological polar surface area (TPSA) is 86.7 Å². The van der Waals surface area contributed by atoms with Crippen molar-refractivity contribution >= 4 is 17.8 Å². The second-order valence-corrected chi connectivity index (χ2v) is 7.75. The van der Waals surface area contributed by atoms with Gasteiger partial charge in [-0.1, -0.05) is 20.8 Å². The van der Waals surface area contributed by atoms with Gasteiger partial charge in [0.2, 0.25) is 11.8 Å². The average Bonchev–Trinajstić information content (AvgIpc) is 2.43. The number of carboxylic acids is 1. The molecule has 1 atom stereocenters. The van der Waals surface area contributed by atoms with Crippen molar-refractivity contribution in [1.82, 2.24) is 10.2 Å². The van der Waals surface area contributed by atoms with Crippen molar-refractivity contribution in [3.63, 3.8) is 0 Å². The fourth-order valence-electron chi connectivity index (χ4n) is 2.38. The Morgan fingerprint density at radius 2 is 1.77 bits per heavy atom. The second kappa shape index (κ2) is 6.67. The third-order valence-corrected chi connectivity index (χ3v) is 4.00. The molecule has 0 spiro atoms. The zero-order chi connectivity index (χ0) is 17.1. The Bertz CT molecular complexity index is 452. The van der Waals surface area contributed by atoms with E-state index in [1.807, 2.05) is 20.8 Å². The van der Waals surface area contributed by atoms with Gasteiger partial charge in [0.05, 0.1) is 11.3 Å². The van der Waals surface area contributed by atoms with E-state index >= 15 is 0 Å². The molecular weight excluding hydrogens is 284 g/mol. The van der Waals surface area contributed by atoms with Gasteiger partial charge in [0, 0.05) is 25.0 Å². The highest BCUT2D eigenvalue weighted by molar-refractivity contribution is 5.84. The fraction of sp³-hybridized carbons (Fsp3) is 0.812. The van der Waals surface area contributed by atoms with E-state index in [-0.39, 0.29) is 24.3 Å². The minimum atomic E-state index is -0.995. The lowest BCUT2D eigenvalue weighted by Crippen LogP contribution is -2.50. The second-order valence-electron chi connectivity index (χ2n) is 7.75. The van der Waals surface area contributed by atoms with Gasteiger partial charge in [-0.3, -0.25) is 14.4 Å². The molecule has 0 aliphatic carbocycles. The number of carbonyl (C=O) groups excluding carboxylic acids is 2. The van der Waals surface area contributed by atoms with Crippen molar-refractivity contribution in [2.75, 3.05) is 19.6 Å². The normalized spacial score (nSPS) is 19.7. The highest BCUT2D eigenvalue weighted by Gasteiger charge is 2.34. The molecule has 6 heteroatoms. The first-order valence-electron chi connectivity index (χ1n) is 7.75. The van der Waals surface area contributed by atoms with Crippen LogP contribution in [0.4, 0.5) is 0 Å². The summed E-state index contributed by atoms with van der Waals surface area (Å²) in [5.41, 5.74) is -1.45. The number of carboxylic acid groups (broad SMARTS) is 1. The quantitative estimate of drug-likeness (QED) is 0.823. The molecule has 0 aromatic carbocycles. The van der Waals surface area contributed by atoms with Gasteiger partial charge >= 0.3 is 5.97 Å². The van der Waals surface area contributed by atoms with Crippen molar-refractivity contribution in [3.05, 3.63) is 0 Å². The van der Waals surface area contributed by atoms with Crippen LogP contribution in [0.2, 0.25) is 0 Å². The minimum Gasteiger partial charge on any atom is -0.481 e. The van der Waals surface area contributed by atoms with E-state index in [4.69, 9.17) is 5.11 Å². The molecule has 0 aromatic heterocycles. The van der Waals surface area contributed by atoms with Gasteiger partial charge < -0.3 is 15.3 Å². The lowest BCUT2D eigenvalue weighted by atomic mass is 9.90. The molecule has 0 saturated carbocycles. The maximum Gasteiger partial charge on any atom is 0.310 e. The molecule has 6 nitrogen and oxygen atoms in total. The van der Waals surface area contributed by atoms with Crippen LogP contribution in [0.25, 0.3) is 0 Å². The van der Waals surface area contributed by atoms with Gasteiger partial charge in [0.15, 0.2) is 0 Å². The van der Waals surface area contributed by atoms with Crippen molar-refractivity contribution in [2.24, 2.45) is 16.7 Å². The average molecular weight is 312 g/mol. The van der Waals surface area contributed by atoms with Gasteiger partial charge in [-0.2, -0.15) is 0 Å². The van der Waals surface area contributed by atoms with E-state index < -0.39 is 16.8 Å². The number of nitrogens with one attached hydrogen (secondary N) is 1. The number of nitrogens with zero attached hydrogens (tertiary/aromatic N) is 1. The van der Waals surface area contributed by atoms with Crippen molar-refractivity contribution in [1.29, 1.82) is 0 Å². The molecule has 0 radical (unpaired) electrons. The van der Waals surface area contributed by atoms with E-state index in [9.17, 15) is 14.4 Å². The summed E-state index contributed by atoms with van der Waals surface area (Å²) < 4.78 is 0. The zero-order valence-corrected chi connectivity index (χ0v) is 14.2. The van der Waals surface area contributed by atoms with E-state index in [2.05, 4.69) is 5.32 Å². The van der Waals surface area contributed by atoms with Crippen molar-refractivity contribution in [3.8, 4) is 0 Å². The van der Waals surface area contributed by atoms with Crippen molar-refractivity contribution in [2.45, 2.75) is 47.5 Å². The molecule has 1 heterocycles. The number of carbonyl (C=O) groups is 3. The lowest BCUT2D eigenvalue weighted by Gasteiger charge is -2.36. The van der Waals surface area contributed by atoms with Crippen LogP contribution in [0.1, 0.15) is 47.5 Å². The molecule has 0 bridgehead atoms. The first-order valence-corrected chi connectivity index (χ1v) is 7.75. The number of amides is 2. The van der Waals surface area contributed by atoms with E-state index in [1.54, 1.807) is 18.7 Å². The van der Waals surface area contributed by atoms with E-state index in [0.29, 0.717) is 13.1 Å². The van der Waals surface area contributed by atoms with Gasteiger partial charge in [0.1, 0.15) is 0 Å². The Morgan fingerprint density at radius 3 is 2.27 bits per heavy atom. The van der Waals surface area contributed by atoms with Gasteiger partial charge in [0.25, 0.3) is 0 Å². The molecule has 2 amide bonds. The van der Waals surface area contributed by atoms with Crippen LogP contribution in [0.5, 0.6) is 0 Å². The molecule has 22 heavy (non-hydrogen) atoms. The molecule has 0 aromatic rings. The molecule has 1 aliphatic rings. The molecule has 1 aliphatic heterocycles. The maximum atomic E-state index is 12.3. The molecule has 1 fully saturated rings. The van der Waals surface area contributed by atoms with Crippen LogP contribution in [0, 0.1) is 16.7 Å². The SMILES string of the molecule is CC(C)(C)C(=O)N1CCCC(C(=O)NCC(C)(C)C(=O)O)C1. The summed E-state index contributed by atoms with van der Waals surface area (Å²) in [5, 5.41) is 11.8. The molecular formula is C16H28N2O4. The number of likely N-dealkylation sites (tertiary alicyclic amines) is 1. The molecule has 1 rings (SSSR count). The summed E-state index contributed by atoms with van der Waals surface area (Å²) in [4.78, 5) is 37.4. The zero-order valence-electron chi connectivity index (χ0n) is 14.2. The van der Waals surface area contributed by atoms with Crippen LogP contribution in [0.15, 0.2) is 0 Å². The minimum absolute atomic E-state index is 0.0517. The van der Waals surface area contributed by atoms with Gasteiger partial charge in [-0.15, -0.1) is 0 Å². The Labute approximate surface area is 132 Å². The Balaban J connectivity index is 2.60. The first kappa shape index (κ1) is 18.5. The summed E-state index contributed by atoms with van der Waals surface area (Å²) >= 11 is 0. The van der Waals surface area contributed by atoms with Crippen molar-refractivity contribution < 1.29 is 19.5 Å². The lowest BCUT2D eigenvalue weighted by molar-refractivity contribution is -0.147. The van der Waals surface area contributed by atoms with Crippen LogP contribution < -0.4 is 5.32 Å². The first-order chi connectivity index (χ1) is 9.95. The van der Waals surface area contributed by atoms with Crippen LogP contribution in [-0.4, -0.2) is 47.4 Å². The number of piperidine rings is 1. The summed E-state index contributed by atoms with van der Waals surface area (Å²) in [5.74, 6) is -1.32. The highest BCUT2D eigenvalue weighted by atomic mass is 16.4. The number of hydrogen-bond donors (Lipinski definition) is 2. The molecule has 1 saturated heterocycles. The predicted molar refractivity (Wildman–Crippen MR) is 83.2 cm³/mol. The fourth-order valence-corrected chi connectivity index (χ4v) is 2.38. The monoisotopic (exact) mass is 312 g/mol. The predicted octanol–water partition coefficient (Wildman–Crippen LogP) is 1.50. The smallest absolute Gasteiger partial charge is 0.310 e. The third kappa shape index (κ3) is 4.71. The Kier molecular flexibility index (Phi) is 5.59. The number of aliphatic carboxylic acids is 1. The molecule has 126 valence electrons.